The van der Waals surface area contributed by atoms with Crippen molar-refractivity contribution in [2.45, 2.75) is 6.92 Å². The van der Waals surface area contributed by atoms with E-state index in [-0.39, 0.29) is 5.82 Å². The average molecular weight is 218 g/mol. The van der Waals surface area contributed by atoms with Crippen molar-refractivity contribution in [2.24, 2.45) is 0 Å². The molecule has 1 aromatic carbocycles. The molecule has 0 saturated heterocycles. The van der Waals surface area contributed by atoms with Gasteiger partial charge in [-0.05, 0) is 25.1 Å². The Bertz CT molecular complexity index is 513. The molecule has 0 unspecified atom stereocenters. The lowest BCUT2D eigenvalue weighted by Crippen LogP contribution is -2.01. The molecule has 2 aromatic rings. The first-order valence-corrected chi connectivity index (χ1v) is 4.77. The summed E-state index contributed by atoms with van der Waals surface area (Å²) in [5.74, 6) is 0.453. The average Bonchev–Trinajstić information content (AvgIpc) is 2.25. The topological polar surface area (TPSA) is 63.8 Å². The number of nitrogen functional groups attached to an aromatic ring is 1. The van der Waals surface area contributed by atoms with Crippen LogP contribution in [0.4, 0.5) is 21.8 Å². The standard InChI is InChI=1S/C11H11FN4/c1-7-8(12)3-2-4-9(7)15-11-14-6-5-10(13)16-11/h2-6H,1H3,(H3,13,14,15,16). The zero-order chi connectivity index (χ0) is 11.5. The van der Waals surface area contributed by atoms with Gasteiger partial charge >= 0.3 is 0 Å². The first-order valence-electron chi connectivity index (χ1n) is 4.77. The summed E-state index contributed by atoms with van der Waals surface area (Å²) < 4.78 is 13.3. The highest BCUT2D eigenvalue weighted by Gasteiger charge is 2.04. The van der Waals surface area contributed by atoms with E-state index >= 15 is 0 Å². The molecule has 82 valence electrons. The summed E-state index contributed by atoms with van der Waals surface area (Å²) in [6, 6.07) is 6.37. The van der Waals surface area contributed by atoms with Crippen molar-refractivity contribution in [1.82, 2.24) is 9.97 Å². The third-order valence-electron chi connectivity index (χ3n) is 2.19. The van der Waals surface area contributed by atoms with Crippen LogP contribution in [-0.2, 0) is 0 Å². The van der Waals surface area contributed by atoms with E-state index in [0.717, 1.165) is 0 Å². The lowest BCUT2D eigenvalue weighted by Gasteiger charge is -2.08. The van der Waals surface area contributed by atoms with Gasteiger partial charge in [0.2, 0.25) is 5.95 Å². The molecule has 0 aliphatic carbocycles. The van der Waals surface area contributed by atoms with Gasteiger partial charge in [0.05, 0.1) is 0 Å². The minimum absolute atomic E-state index is 0.270. The van der Waals surface area contributed by atoms with Gasteiger partial charge in [-0.15, -0.1) is 0 Å². The van der Waals surface area contributed by atoms with Gasteiger partial charge in [0.25, 0.3) is 0 Å². The van der Waals surface area contributed by atoms with Crippen molar-refractivity contribution in [3.05, 3.63) is 41.8 Å². The van der Waals surface area contributed by atoms with Crippen LogP contribution in [0.3, 0.4) is 0 Å². The minimum atomic E-state index is -0.270. The highest BCUT2D eigenvalue weighted by molar-refractivity contribution is 5.58. The molecule has 2 rings (SSSR count). The zero-order valence-electron chi connectivity index (χ0n) is 8.74. The normalized spacial score (nSPS) is 10.1. The Morgan fingerprint density at radius 2 is 2.12 bits per heavy atom. The van der Waals surface area contributed by atoms with Crippen LogP contribution in [0.5, 0.6) is 0 Å². The Kier molecular flexibility index (Phi) is 2.68. The molecule has 1 aromatic heterocycles. The monoisotopic (exact) mass is 218 g/mol. The summed E-state index contributed by atoms with van der Waals surface area (Å²) in [7, 11) is 0. The number of nitrogens with zero attached hydrogens (tertiary/aromatic N) is 2. The fourth-order valence-corrected chi connectivity index (χ4v) is 1.30. The van der Waals surface area contributed by atoms with Gasteiger partial charge in [-0.25, -0.2) is 9.37 Å². The van der Waals surface area contributed by atoms with Gasteiger partial charge in [-0.3, -0.25) is 0 Å². The van der Waals surface area contributed by atoms with Crippen molar-refractivity contribution in [1.29, 1.82) is 0 Å². The molecular formula is C11H11FN4. The zero-order valence-corrected chi connectivity index (χ0v) is 8.74. The Morgan fingerprint density at radius 1 is 1.31 bits per heavy atom. The van der Waals surface area contributed by atoms with E-state index in [0.29, 0.717) is 23.0 Å². The molecule has 0 fully saturated rings. The van der Waals surface area contributed by atoms with E-state index < -0.39 is 0 Å². The van der Waals surface area contributed by atoms with Crippen molar-refractivity contribution < 1.29 is 4.39 Å². The molecule has 0 amide bonds. The van der Waals surface area contributed by atoms with Crippen LogP contribution in [0.2, 0.25) is 0 Å². The SMILES string of the molecule is Cc1c(F)cccc1Nc1nccc(N)n1. The number of hydrogen-bond donors (Lipinski definition) is 2. The summed E-state index contributed by atoms with van der Waals surface area (Å²) >= 11 is 0. The molecule has 5 heteroatoms. The maximum Gasteiger partial charge on any atom is 0.229 e. The van der Waals surface area contributed by atoms with Crippen LogP contribution in [0.15, 0.2) is 30.5 Å². The lowest BCUT2D eigenvalue weighted by atomic mass is 10.2. The largest absolute Gasteiger partial charge is 0.384 e. The fourth-order valence-electron chi connectivity index (χ4n) is 1.30. The van der Waals surface area contributed by atoms with Gasteiger partial charge < -0.3 is 11.1 Å². The summed E-state index contributed by atoms with van der Waals surface area (Å²) in [5.41, 5.74) is 6.67. The van der Waals surface area contributed by atoms with Gasteiger partial charge in [0, 0.05) is 17.4 Å². The van der Waals surface area contributed by atoms with Gasteiger partial charge in [-0.2, -0.15) is 4.98 Å². The van der Waals surface area contributed by atoms with E-state index in [1.807, 2.05) is 0 Å². The number of aromatic nitrogens is 2. The molecule has 0 saturated carbocycles. The highest BCUT2D eigenvalue weighted by atomic mass is 19.1. The van der Waals surface area contributed by atoms with Crippen LogP contribution < -0.4 is 11.1 Å². The third kappa shape index (κ3) is 2.08. The summed E-state index contributed by atoms with van der Waals surface area (Å²) in [6.07, 6.45) is 1.54. The quantitative estimate of drug-likeness (QED) is 0.811. The second-order valence-electron chi connectivity index (χ2n) is 3.34. The van der Waals surface area contributed by atoms with Crippen LogP contribution in [0.1, 0.15) is 5.56 Å². The predicted molar refractivity (Wildman–Crippen MR) is 60.9 cm³/mol. The van der Waals surface area contributed by atoms with Crippen molar-refractivity contribution in [2.75, 3.05) is 11.1 Å². The van der Waals surface area contributed by atoms with E-state index in [1.54, 1.807) is 31.3 Å². The second kappa shape index (κ2) is 4.14. The fraction of sp³-hybridized carbons (Fsp3) is 0.0909. The molecule has 4 nitrogen and oxygen atoms in total. The molecule has 0 radical (unpaired) electrons. The lowest BCUT2D eigenvalue weighted by molar-refractivity contribution is 0.619. The van der Waals surface area contributed by atoms with E-state index in [1.165, 1.54) is 6.07 Å². The third-order valence-corrected chi connectivity index (χ3v) is 2.19. The van der Waals surface area contributed by atoms with Crippen LogP contribution in [-0.4, -0.2) is 9.97 Å². The number of nitrogens with two attached hydrogens (primary N) is 1. The second-order valence-corrected chi connectivity index (χ2v) is 3.34. The van der Waals surface area contributed by atoms with Crippen LogP contribution in [0, 0.1) is 12.7 Å². The molecule has 1 heterocycles. The maximum absolute atomic E-state index is 13.3. The van der Waals surface area contributed by atoms with Crippen LogP contribution >= 0.6 is 0 Å². The Labute approximate surface area is 92.3 Å². The Hall–Kier alpha value is -2.17. The minimum Gasteiger partial charge on any atom is -0.384 e. The molecule has 16 heavy (non-hydrogen) atoms. The van der Waals surface area contributed by atoms with E-state index in [9.17, 15) is 4.39 Å². The van der Waals surface area contributed by atoms with Gasteiger partial charge in [0.1, 0.15) is 11.6 Å². The van der Waals surface area contributed by atoms with Crippen molar-refractivity contribution in [3.8, 4) is 0 Å². The number of hydrogen-bond acceptors (Lipinski definition) is 4. The number of nitrogens with one attached hydrogen (secondary N) is 1. The first-order chi connectivity index (χ1) is 7.66. The van der Waals surface area contributed by atoms with Gasteiger partial charge in [0.15, 0.2) is 0 Å². The maximum atomic E-state index is 13.3. The van der Waals surface area contributed by atoms with E-state index in [4.69, 9.17) is 5.73 Å². The van der Waals surface area contributed by atoms with E-state index in [2.05, 4.69) is 15.3 Å². The Balaban J connectivity index is 2.31. The number of rotatable bonds is 2. The number of halogens is 1. The summed E-state index contributed by atoms with van der Waals surface area (Å²) in [5, 5.41) is 2.91. The predicted octanol–water partition coefficient (Wildman–Crippen LogP) is 2.25. The molecule has 0 aliphatic heterocycles. The molecule has 0 atom stereocenters. The van der Waals surface area contributed by atoms with Gasteiger partial charge in [-0.1, -0.05) is 6.07 Å². The first kappa shape index (κ1) is 10.4. The molecule has 0 spiro atoms. The molecule has 0 bridgehead atoms. The molecular weight excluding hydrogens is 207 g/mol. The van der Waals surface area contributed by atoms with Crippen LogP contribution in [0.25, 0.3) is 0 Å². The summed E-state index contributed by atoms with van der Waals surface area (Å²) in [4.78, 5) is 7.95. The molecule has 0 aliphatic rings. The number of anilines is 3. The molecule has 3 N–H and O–H groups in total. The summed E-state index contributed by atoms with van der Waals surface area (Å²) in [6.45, 7) is 1.68. The van der Waals surface area contributed by atoms with Crippen molar-refractivity contribution in [3.63, 3.8) is 0 Å². The number of benzene rings is 1. The Morgan fingerprint density at radius 3 is 2.88 bits per heavy atom. The highest BCUT2D eigenvalue weighted by Crippen LogP contribution is 2.20. The van der Waals surface area contributed by atoms with Crippen molar-refractivity contribution >= 4 is 17.5 Å². The smallest absolute Gasteiger partial charge is 0.229 e.